The van der Waals surface area contributed by atoms with E-state index in [1.807, 2.05) is 19.1 Å². The Labute approximate surface area is 199 Å². The van der Waals surface area contributed by atoms with Gasteiger partial charge in [-0.2, -0.15) is 5.10 Å². The predicted octanol–water partition coefficient (Wildman–Crippen LogP) is 4.80. The number of anilines is 1. The van der Waals surface area contributed by atoms with Crippen molar-refractivity contribution in [3.8, 4) is 0 Å². The van der Waals surface area contributed by atoms with Crippen molar-refractivity contribution < 1.29 is 18.7 Å². The van der Waals surface area contributed by atoms with Crippen molar-refractivity contribution in [1.82, 2.24) is 14.8 Å². The van der Waals surface area contributed by atoms with Crippen LogP contribution in [0.5, 0.6) is 0 Å². The summed E-state index contributed by atoms with van der Waals surface area (Å²) in [5.41, 5.74) is 0.552. The number of amides is 1. The lowest BCUT2D eigenvalue weighted by Gasteiger charge is -2.28. The maximum atomic E-state index is 14.5. The first-order valence-corrected chi connectivity index (χ1v) is 11.4. The number of aliphatic hydroxyl groups is 1. The van der Waals surface area contributed by atoms with Crippen LogP contribution in [0.2, 0.25) is 0 Å². The van der Waals surface area contributed by atoms with Crippen molar-refractivity contribution in [1.29, 1.82) is 0 Å². The molecule has 6 nitrogen and oxygen atoms in total. The summed E-state index contributed by atoms with van der Waals surface area (Å²) in [6, 6.07) is 17.5. The molecule has 4 aromatic rings. The molecule has 0 aliphatic heterocycles. The second-order valence-corrected chi connectivity index (χ2v) is 8.93. The molecule has 2 N–H and O–H groups in total. The summed E-state index contributed by atoms with van der Waals surface area (Å²) in [4.78, 5) is 17.1. The molecule has 0 fully saturated rings. The topological polar surface area (TPSA) is 80.0 Å². The highest BCUT2D eigenvalue weighted by molar-refractivity contribution is 7.99. The Bertz CT molecular complexity index is 1270. The number of benzene rings is 3. The molecule has 0 bridgehead atoms. The summed E-state index contributed by atoms with van der Waals surface area (Å²) in [7, 11) is 0. The lowest BCUT2D eigenvalue weighted by Crippen LogP contribution is -2.35. The molecule has 0 unspecified atom stereocenters. The van der Waals surface area contributed by atoms with E-state index in [0.717, 1.165) is 22.6 Å². The Morgan fingerprint density at radius 3 is 2.47 bits per heavy atom. The van der Waals surface area contributed by atoms with Gasteiger partial charge in [-0.25, -0.2) is 18.4 Å². The molecule has 9 heteroatoms. The van der Waals surface area contributed by atoms with Crippen LogP contribution in [0.1, 0.15) is 21.5 Å². The number of aromatic nitrogens is 3. The summed E-state index contributed by atoms with van der Waals surface area (Å²) in [5, 5.41) is 18.2. The number of carbonyl (C=O) groups is 1. The van der Waals surface area contributed by atoms with Crippen LogP contribution in [-0.4, -0.2) is 31.5 Å². The minimum atomic E-state index is -1.67. The molecule has 1 atom stereocenters. The molecule has 1 heterocycles. The van der Waals surface area contributed by atoms with E-state index in [2.05, 4.69) is 15.4 Å². The van der Waals surface area contributed by atoms with Crippen molar-refractivity contribution in [2.24, 2.45) is 0 Å². The zero-order chi connectivity index (χ0) is 24.1. The van der Waals surface area contributed by atoms with Crippen LogP contribution in [0.4, 0.5) is 14.5 Å². The second-order valence-electron chi connectivity index (χ2n) is 7.88. The smallest absolute Gasteiger partial charge is 0.255 e. The zero-order valence-electron chi connectivity index (χ0n) is 18.3. The van der Waals surface area contributed by atoms with E-state index in [4.69, 9.17) is 0 Å². The molecule has 0 spiro atoms. The van der Waals surface area contributed by atoms with Gasteiger partial charge in [-0.05, 0) is 49.4 Å². The van der Waals surface area contributed by atoms with Gasteiger partial charge >= 0.3 is 0 Å². The molecule has 0 saturated carbocycles. The van der Waals surface area contributed by atoms with Crippen molar-refractivity contribution in [3.63, 3.8) is 0 Å². The van der Waals surface area contributed by atoms with Crippen LogP contribution in [0, 0.1) is 18.6 Å². The summed E-state index contributed by atoms with van der Waals surface area (Å²) < 4.78 is 29.4. The zero-order valence-corrected chi connectivity index (χ0v) is 19.1. The van der Waals surface area contributed by atoms with Crippen LogP contribution in [-0.2, 0) is 12.1 Å². The lowest BCUT2D eigenvalue weighted by atomic mass is 9.95. The quantitative estimate of drug-likeness (QED) is 0.354. The molecule has 4 rings (SSSR count). The second kappa shape index (κ2) is 10.1. The molecule has 0 aliphatic carbocycles. The molecule has 34 heavy (non-hydrogen) atoms. The molecule has 0 radical (unpaired) electrons. The van der Waals surface area contributed by atoms with E-state index in [9.17, 15) is 18.7 Å². The van der Waals surface area contributed by atoms with Gasteiger partial charge in [-0.1, -0.05) is 23.8 Å². The van der Waals surface area contributed by atoms with Gasteiger partial charge in [0.2, 0.25) is 0 Å². The largest absolute Gasteiger partial charge is 0.382 e. The number of nitrogens with one attached hydrogen (secondary N) is 1. The molecule has 1 amide bonds. The molecule has 0 saturated heterocycles. The first-order chi connectivity index (χ1) is 16.3. The number of halogens is 2. The standard InChI is InChI=1S/C25H22F2N4O2S/c1-17-2-4-18(5-3-17)24(32)30-20-7-9-21(10-8-20)34-14-25(33,13-31-16-28-15-29-31)22-11-6-19(26)12-23(22)27/h2-12,15-16,33H,13-14H2,1H3,(H,30,32)/t25-/m0/s1. The van der Waals surface area contributed by atoms with E-state index < -0.39 is 17.2 Å². The van der Waals surface area contributed by atoms with E-state index in [1.54, 1.807) is 36.4 Å². The molecule has 1 aromatic heterocycles. The average Bonchev–Trinajstić information content (AvgIpc) is 3.31. The summed E-state index contributed by atoms with van der Waals surface area (Å²) in [6.45, 7) is 1.89. The third-order valence-corrected chi connectivity index (χ3v) is 6.45. The van der Waals surface area contributed by atoms with Gasteiger partial charge in [-0.3, -0.25) is 4.79 Å². The van der Waals surface area contributed by atoms with Gasteiger partial charge in [0, 0.05) is 33.5 Å². The first kappa shape index (κ1) is 23.6. The number of thioether (sulfide) groups is 1. The van der Waals surface area contributed by atoms with Gasteiger partial charge in [0.05, 0.1) is 6.54 Å². The monoisotopic (exact) mass is 480 g/mol. The molecular weight excluding hydrogens is 458 g/mol. The third kappa shape index (κ3) is 5.67. The minimum Gasteiger partial charge on any atom is -0.382 e. The average molecular weight is 481 g/mol. The Morgan fingerprint density at radius 2 is 1.82 bits per heavy atom. The molecular formula is C25H22F2N4O2S. The van der Waals surface area contributed by atoms with E-state index >= 15 is 0 Å². The molecule has 0 aliphatic rings. The maximum absolute atomic E-state index is 14.5. The fourth-order valence-electron chi connectivity index (χ4n) is 3.40. The Hall–Kier alpha value is -3.56. The highest BCUT2D eigenvalue weighted by atomic mass is 32.2. The number of hydrogen-bond donors (Lipinski definition) is 2. The van der Waals surface area contributed by atoms with Crippen molar-refractivity contribution in [3.05, 3.63) is 108 Å². The normalized spacial score (nSPS) is 12.8. The maximum Gasteiger partial charge on any atom is 0.255 e. The van der Waals surface area contributed by atoms with E-state index in [0.29, 0.717) is 11.3 Å². The highest BCUT2D eigenvalue weighted by Crippen LogP contribution is 2.33. The molecule has 174 valence electrons. The van der Waals surface area contributed by atoms with Crippen LogP contribution in [0.3, 0.4) is 0 Å². The fraction of sp³-hybridized carbons (Fsp3) is 0.160. The van der Waals surface area contributed by atoms with Crippen molar-refractivity contribution >= 4 is 23.4 Å². The van der Waals surface area contributed by atoms with Crippen LogP contribution < -0.4 is 5.32 Å². The van der Waals surface area contributed by atoms with Crippen molar-refractivity contribution in [2.45, 2.75) is 24.0 Å². The van der Waals surface area contributed by atoms with Crippen LogP contribution in [0.25, 0.3) is 0 Å². The van der Waals surface area contributed by atoms with Gasteiger partial charge in [0.1, 0.15) is 29.9 Å². The van der Waals surface area contributed by atoms with Gasteiger partial charge in [0.25, 0.3) is 5.91 Å². The third-order valence-electron chi connectivity index (χ3n) is 5.23. The first-order valence-electron chi connectivity index (χ1n) is 10.4. The number of carbonyl (C=O) groups excluding carboxylic acids is 1. The summed E-state index contributed by atoms with van der Waals surface area (Å²) in [5.74, 6) is -1.70. The minimum absolute atomic E-state index is 0.0288. The molecule has 3 aromatic carbocycles. The van der Waals surface area contributed by atoms with Crippen LogP contribution in [0.15, 0.2) is 84.3 Å². The summed E-state index contributed by atoms with van der Waals surface area (Å²) >= 11 is 1.30. The number of rotatable bonds is 8. The van der Waals surface area contributed by atoms with Crippen molar-refractivity contribution in [2.75, 3.05) is 11.1 Å². The Balaban J connectivity index is 1.46. The SMILES string of the molecule is Cc1ccc(C(=O)Nc2ccc(SC[C@@](O)(Cn3cncn3)c3ccc(F)cc3F)cc2)cc1. The van der Waals surface area contributed by atoms with E-state index in [-0.39, 0.29) is 23.8 Å². The lowest BCUT2D eigenvalue weighted by molar-refractivity contribution is 0.0360. The number of hydrogen-bond acceptors (Lipinski definition) is 5. The van der Waals surface area contributed by atoms with Gasteiger partial charge < -0.3 is 10.4 Å². The summed E-state index contributed by atoms with van der Waals surface area (Å²) in [6.07, 6.45) is 2.74. The van der Waals surface area contributed by atoms with E-state index in [1.165, 1.54) is 35.2 Å². The van der Waals surface area contributed by atoms with Gasteiger partial charge in [0.15, 0.2) is 0 Å². The number of nitrogens with zero attached hydrogens (tertiary/aromatic N) is 3. The fourth-order valence-corrected chi connectivity index (χ4v) is 4.38. The predicted molar refractivity (Wildman–Crippen MR) is 127 cm³/mol. The Kier molecular flexibility index (Phi) is 7.04. The highest BCUT2D eigenvalue weighted by Gasteiger charge is 2.33. The van der Waals surface area contributed by atoms with Crippen LogP contribution >= 0.6 is 11.8 Å². The number of aryl methyl sites for hydroxylation is 1. The van der Waals surface area contributed by atoms with Gasteiger partial charge in [-0.15, -0.1) is 11.8 Å². The Morgan fingerprint density at radius 1 is 1.09 bits per heavy atom.